The van der Waals surface area contributed by atoms with Crippen LogP contribution in [0, 0.1) is 17.2 Å². The topological polar surface area (TPSA) is 137 Å². The number of carbonyl (C=O) groups is 1. The number of carbonyl (C=O) groups excluding carboxylic acids is 1. The van der Waals surface area contributed by atoms with Gasteiger partial charge in [0.2, 0.25) is 10.0 Å². The summed E-state index contributed by atoms with van der Waals surface area (Å²) in [5.74, 6) is 0.190. The van der Waals surface area contributed by atoms with E-state index >= 15 is 0 Å². The maximum absolute atomic E-state index is 13.2. The second-order valence-corrected chi connectivity index (χ2v) is 13.7. The maximum Gasteiger partial charge on any atom is 0.283 e. The number of amides is 1. The Morgan fingerprint density at radius 3 is 2.34 bits per heavy atom. The van der Waals surface area contributed by atoms with Crippen molar-refractivity contribution in [3.8, 4) is 22.9 Å². The van der Waals surface area contributed by atoms with E-state index in [4.69, 9.17) is 10.1 Å². The highest BCUT2D eigenvalue weighted by Gasteiger charge is 2.25. The fourth-order valence-corrected chi connectivity index (χ4v) is 6.51. The van der Waals surface area contributed by atoms with E-state index in [1.54, 1.807) is 16.9 Å². The Kier molecular flexibility index (Phi) is 7.98. The molecular formula is C32H36N8O3S. The molecule has 0 atom stereocenters. The molecule has 0 bridgehead atoms. The van der Waals surface area contributed by atoms with Gasteiger partial charge < -0.3 is 9.80 Å². The number of sulfonamides is 1. The van der Waals surface area contributed by atoms with Crippen molar-refractivity contribution in [1.29, 1.82) is 5.26 Å². The number of hydrogen-bond donors (Lipinski definition) is 1. The average Bonchev–Trinajstić information content (AvgIpc) is 3.69. The highest BCUT2D eigenvalue weighted by atomic mass is 32.2. The molecular weight excluding hydrogens is 576 g/mol. The highest BCUT2D eigenvalue weighted by Crippen LogP contribution is 2.37. The number of anilines is 2. The molecule has 1 aromatic carbocycles. The van der Waals surface area contributed by atoms with Gasteiger partial charge in [-0.15, -0.1) is 0 Å². The second kappa shape index (κ2) is 11.9. The van der Waals surface area contributed by atoms with Crippen LogP contribution in [0.25, 0.3) is 27.8 Å². The summed E-state index contributed by atoms with van der Waals surface area (Å²) < 4.78 is 27.8. The monoisotopic (exact) mass is 612 g/mol. The molecule has 228 valence electrons. The van der Waals surface area contributed by atoms with E-state index in [1.165, 1.54) is 0 Å². The van der Waals surface area contributed by atoms with Crippen LogP contribution in [0.3, 0.4) is 0 Å². The van der Waals surface area contributed by atoms with E-state index in [9.17, 15) is 18.5 Å². The lowest BCUT2D eigenvalue weighted by atomic mass is 9.96. The van der Waals surface area contributed by atoms with Gasteiger partial charge in [0, 0.05) is 50.0 Å². The van der Waals surface area contributed by atoms with E-state index in [1.807, 2.05) is 24.3 Å². The molecule has 11 nitrogen and oxygen atoms in total. The third-order valence-electron chi connectivity index (χ3n) is 8.35. The number of aromatic nitrogens is 4. The van der Waals surface area contributed by atoms with E-state index in [0.29, 0.717) is 5.65 Å². The Balaban J connectivity index is 1.49. The van der Waals surface area contributed by atoms with E-state index in [0.717, 1.165) is 97.5 Å². The highest BCUT2D eigenvalue weighted by molar-refractivity contribution is 7.89. The molecule has 12 heteroatoms. The molecule has 6 rings (SSSR count). The summed E-state index contributed by atoms with van der Waals surface area (Å²) in [7, 11) is -3.81. The smallest absolute Gasteiger partial charge is 0.283 e. The van der Waals surface area contributed by atoms with Crippen molar-refractivity contribution in [3.63, 3.8) is 0 Å². The molecule has 2 aliphatic heterocycles. The maximum atomic E-state index is 13.2. The lowest BCUT2D eigenvalue weighted by Crippen LogP contribution is -2.33. The van der Waals surface area contributed by atoms with Crippen molar-refractivity contribution >= 4 is 38.5 Å². The van der Waals surface area contributed by atoms with Crippen molar-refractivity contribution in [2.75, 3.05) is 42.2 Å². The third-order valence-corrected chi connectivity index (χ3v) is 8.90. The standard InChI is InChI=1S/C32H36N8O3S/c1-21(2)30-29-26(23-6-8-24(9-7-23)38-16-11-22(20-33)12-17-38)19-27(32(41)37-44(3,42)43)35-31(29)40(36-30)25-10-13-34-28(18-25)39-14-4-5-15-39/h6-10,13,18-19,21-22H,4-5,11-12,14-17H2,1-3H3,(H,37,41). The number of benzene rings is 1. The summed E-state index contributed by atoms with van der Waals surface area (Å²) in [6, 6.07) is 16.0. The van der Waals surface area contributed by atoms with Gasteiger partial charge in [0.05, 0.1) is 29.1 Å². The average molecular weight is 613 g/mol. The minimum atomic E-state index is -3.81. The van der Waals surface area contributed by atoms with Crippen LogP contribution in [0.15, 0.2) is 48.7 Å². The summed E-state index contributed by atoms with van der Waals surface area (Å²) in [6.07, 6.45) is 6.62. The molecule has 1 amide bonds. The number of pyridine rings is 2. The second-order valence-electron chi connectivity index (χ2n) is 11.9. The molecule has 0 spiro atoms. The van der Waals surface area contributed by atoms with Gasteiger partial charge in [0.15, 0.2) is 5.65 Å². The quantitative estimate of drug-likeness (QED) is 0.317. The summed E-state index contributed by atoms with van der Waals surface area (Å²) >= 11 is 0. The van der Waals surface area contributed by atoms with Gasteiger partial charge in [-0.25, -0.2) is 27.8 Å². The Morgan fingerprint density at radius 2 is 1.70 bits per heavy atom. The zero-order valence-electron chi connectivity index (χ0n) is 25.2. The van der Waals surface area contributed by atoms with E-state index < -0.39 is 15.9 Å². The Bertz CT molecular complexity index is 1850. The minimum absolute atomic E-state index is 0.0224. The zero-order valence-corrected chi connectivity index (χ0v) is 26.0. The van der Waals surface area contributed by atoms with Gasteiger partial charge in [0.25, 0.3) is 5.91 Å². The van der Waals surface area contributed by atoms with Crippen LogP contribution in [-0.4, -0.2) is 66.5 Å². The van der Waals surface area contributed by atoms with Crippen molar-refractivity contribution in [2.45, 2.75) is 45.4 Å². The van der Waals surface area contributed by atoms with E-state index in [2.05, 4.69) is 51.6 Å². The number of rotatable bonds is 7. The first kappa shape index (κ1) is 29.6. The fraction of sp³-hybridized carbons (Fsp3) is 0.406. The van der Waals surface area contributed by atoms with Gasteiger partial charge in [0.1, 0.15) is 11.5 Å². The van der Waals surface area contributed by atoms with Crippen LogP contribution in [0.4, 0.5) is 11.5 Å². The lowest BCUT2D eigenvalue weighted by Gasteiger charge is -2.31. The first-order valence-electron chi connectivity index (χ1n) is 15.0. The van der Waals surface area contributed by atoms with Crippen molar-refractivity contribution in [2.24, 2.45) is 5.92 Å². The van der Waals surface area contributed by atoms with Crippen molar-refractivity contribution in [1.82, 2.24) is 24.5 Å². The molecule has 2 fully saturated rings. The normalized spacial score (nSPS) is 16.1. The Morgan fingerprint density at radius 1 is 1.00 bits per heavy atom. The molecule has 44 heavy (non-hydrogen) atoms. The summed E-state index contributed by atoms with van der Waals surface area (Å²) in [5, 5.41) is 15.1. The Hall–Kier alpha value is -4.50. The van der Waals surface area contributed by atoms with Gasteiger partial charge >= 0.3 is 0 Å². The Labute approximate surface area is 257 Å². The largest absolute Gasteiger partial charge is 0.371 e. The van der Waals surface area contributed by atoms with Crippen molar-refractivity contribution in [3.05, 3.63) is 60.0 Å². The summed E-state index contributed by atoms with van der Waals surface area (Å²) in [4.78, 5) is 27.0. The minimum Gasteiger partial charge on any atom is -0.371 e. The number of hydrogen-bond acceptors (Lipinski definition) is 9. The molecule has 3 aromatic heterocycles. The number of nitrogens with zero attached hydrogens (tertiary/aromatic N) is 7. The van der Waals surface area contributed by atoms with Crippen LogP contribution < -0.4 is 14.5 Å². The van der Waals surface area contributed by atoms with E-state index in [-0.39, 0.29) is 17.5 Å². The molecule has 1 N–H and O–H groups in total. The molecule has 0 radical (unpaired) electrons. The van der Waals surface area contributed by atoms with Gasteiger partial charge in [-0.2, -0.15) is 10.4 Å². The zero-order chi connectivity index (χ0) is 31.0. The van der Waals surface area contributed by atoms with Crippen molar-refractivity contribution < 1.29 is 13.2 Å². The SMILES string of the molecule is CC(C)c1nn(-c2ccnc(N3CCCC3)c2)c2nc(C(=O)NS(C)(=O)=O)cc(-c3ccc(N4CCC(C#N)CC4)cc3)c12. The summed E-state index contributed by atoms with van der Waals surface area (Å²) in [5.41, 5.74) is 4.68. The first-order chi connectivity index (χ1) is 21.1. The van der Waals surface area contributed by atoms with Crippen LogP contribution in [-0.2, 0) is 10.0 Å². The number of fused-ring (bicyclic) bond motifs is 1. The van der Waals surface area contributed by atoms with Gasteiger partial charge in [-0.05, 0) is 67.0 Å². The van der Waals surface area contributed by atoms with Gasteiger partial charge in [-0.1, -0.05) is 26.0 Å². The van der Waals surface area contributed by atoms with Crippen LogP contribution in [0.1, 0.15) is 61.6 Å². The fourth-order valence-electron chi connectivity index (χ4n) is 6.07. The number of nitrogens with one attached hydrogen (secondary N) is 1. The molecule has 2 saturated heterocycles. The predicted molar refractivity (Wildman–Crippen MR) is 170 cm³/mol. The first-order valence-corrected chi connectivity index (χ1v) is 16.9. The molecule has 2 aliphatic rings. The molecule has 4 aromatic rings. The third kappa shape index (κ3) is 5.97. The van der Waals surface area contributed by atoms with Crippen LogP contribution in [0.2, 0.25) is 0 Å². The molecule has 0 saturated carbocycles. The molecule has 0 aliphatic carbocycles. The number of piperidine rings is 1. The lowest BCUT2D eigenvalue weighted by molar-refractivity contribution is 0.0977. The van der Waals surface area contributed by atoms with Crippen LogP contribution >= 0.6 is 0 Å². The number of nitriles is 1. The summed E-state index contributed by atoms with van der Waals surface area (Å²) in [6.45, 7) is 7.66. The van der Waals surface area contributed by atoms with Gasteiger partial charge in [-0.3, -0.25) is 4.79 Å². The predicted octanol–water partition coefficient (Wildman–Crippen LogP) is 4.64. The van der Waals surface area contributed by atoms with Crippen LogP contribution in [0.5, 0.6) is 0 Å². The molecule has 5 heterocycles. The molecule has 0 unspecified atom stereocenters.